The molecule has 0 radical (unpaired) electrons. The molecule has 0 atom stereocenters. The van der Waals surface area contributed by atoms with Crippen molar-refractivity contribution in [1.29, 1.82) is 0 Å². The molecule has 2 amide bonds. The Labute approximate surface area is 212 Å². The van der Waals surface area contributed by atoms with Crippen LogP contribution in [-0.4, -0.2) is 74.8 Å². The van der Waals surface area contributed by atoms with E-state index in [1.807, 2.05) is 13.8 Å². The fraction of sp³-hybridized carbons (Fsp3) is 0.360. The van der Waals surface area contributed by atoms with Gasteiger partial charge in [0.05, 0.1) is 16.2 Å². The molecule has 1 aromatic heterocycles. The quantitative estimate of drug-likeness (QED) is 0.532. The van der Waals surface area contributed by atoms with Gasteiger partial charge in [-0.1, -0.05) is 17.7 Å². The number of piperazine rings is 1. The molecule has 3 heterocycles. The highest BCUT2D eigenvalue weighted by molar-refractivity contribution is 6.32. The third-order valence-corrected chi connectivity index (χ3v) is 6.66. The van der Waals surface area contributed by atoms with Crippen LogP contribution in [0.5, 0.6) is 11.5 Å². The van der Waals surface area contributed by atoms with Crippen LogP contribution in [0.2, 0.25) is 5.02 Å². The molecule has 3 aromatic rings. The number of amides is 2. The predicted molar refractivity (Wildman–Crippen MR) is 130 cm³/mol. The summed E-state index contributed by atoms with van der Waals surface area (Å²) in [4.78, 5) is 34.1. The van der Waals surface area contributed by atoms with Gasteiger partial charge >= 0.3 is 0 Å². The minimum atomic E-state index is -0.690. The van der Waals surface area contributed by atoms with Gasteiger partial charge in [-0.25, -0.2) is 14.1 Å². The topological polar surface area (TPSA) is 89.8 Å². The monoisotopic (exact) mass is 513 g/mol. The van der Waals surface area contributed by atoms with Crippen molar-refractivity contribution >= 4 is 23.4 Å². The summed E-state index contributed by atoms with van der Waals surface area (Å²) in [6.07, 6.45) is 1.38. The van der Waals surface area contributed by atoms with Crippen LogP contribution in [0.15, 0.2) is 36.7 Å². The minimum Gasteiger partial charge on any atom is -0.486 e. The second-order valence-electron chi connectivity index (χ2n) is 9.42. The zero-order chi connectivity index (χ0) is 25.6. The average molecular weight is 514 g/mol. The highest BCUT2D eigenvalue weighted by Crippen LogP contribution is 2.39. The van der Waals surface area contributed by atoms with Crippen LogP contribution in [0, 0.1) is 12.7 Å². The summed E-state index contributed by atoms with van der Waals surface area (Å²) in [5.74, 6) is -0.0472. The van der Waals surface area contributed by atoms with Crippen LogP contribution < -0.4 is 9.47 Å². The number of hydrogen-bond donors (Lipinski definition) is 0. The van der Waals surface area contributed by atoms with Crippen molar-refractivity contribution < 1.29 is 23.5 Å². The molecular formula is C25H25ClFN5O4. The van der Waals surface area contributed by atoms with Crippen molar-refractivity contribution in [2.24, 2.45) is 0 Å². The largest absolute Gasteiger partial charge is 0.486 e. The Balaban J connectivity index is 1.31. The number of benzene rings is 2. The number of nitrogens with zero attached hydrogens (tertiary/aromatic N) is 5. The number of aryl methyl sites for hydroxylation is 1. The number of rotatable bonds is 3. The summed E-state index contributed by atoms with van der Waals surface area (Å²) >= 11 is 6.32. The van der Waals surface area contributed by atoms with Crippen molar-refractivity contribution in [3.63, 3.8) is 0 Å². The molecule has 188 valence electrons. The van der Waals surface area contributed by atoms with Gasteiger partial charge in [0.15, 0.2) is 11.5 Å². The maximum Gasteiger partial charge on any atom is 0.294 e. The number of aromatic nitrogens is 3. The second-order valence-corrected chi connectivity index (χ2v) is 9.83. The highest BCUT2D eigenvalue weighted by Gasteiger charge is 2.40. The molecule has 0 spiro atoms. The molecule has 2 aliphatic rings. The maximum atomic E-state index is 14.0. The lowest BCUT2D eigenvalue weighted by molar-refractivity contribution is 0.0160. The van der Waals surface area contributed by atoms with Gasteiger partial charge in [-0.2, -0.15) is 0 Å². The van der Waals surface area contributed by atoms with Crippen molar-refractivity contribution in [2.75, 3.05) is 32.8 Å². The zero-order valence-corrected chi connectivity index (χ0v) is 20.9. The van der Waals surface area contributed by atoms with Crippen LogP contribution in [0.4, 0.5) is 4.39 Å². The van der Waals surface area contributed by atoms with Gasteiger partial charge in [-0.15, -0.1) is 5.10 Å². The van der Waals surface area contributed by atoms with Gasteiger partial charge in [-0.05, 0) is 50.6 Å². The van der Waals surface area contributed by atoms with Gasteiger partial charge in [0.2, 0.25) is 5.82 Å². The van der Waals surface area contributed by atoms with E-state index in [0.29, 0.717) is 66.2 Å². The van der Waals surface area contributed by atoms with Gasteiger partial charge in [0, 0.05) is 25.2 Å². The normalized spacial score (nSPS) is 16.7. The summed E-state index contributed by atoms with van der Waals surface area (Å²) < 4.78 is 26.5. The van der Waals surface area contributed by atoms with E-state index in [1.54, 1.807) is 41.0 Å². The summed E-state index contributed by atoms with van der Waals surface area (Å²) in [5, 5.41) is 4.59. The van der Waals surface area contributed by atoms with Crippen molar-refractivity contribution in [1.82, 2.24) is 24.6 Å². The molecule has 1 saturated heterocycles. The lowest BCUT2D eigenvalue weighted by Crippen LogP contribution is -2.62. The van der Waals surface area contributed by atoms with Crippen molar-refractivity contribution in [3.05, 3.63) is 64.5 Å². The second kappa shape index (κ2) is 9.09. The van der Waals surface area contributed by atoms with Gasteiger partial charge in [-0.3, -0.25) is 9.59 Å². The molecule has 2 aliphatic heterocycles. The molecule has 0 N–H and O–H groups in total. The molecule has 5 rings (SSSR count). The van der Waals surface area contributed by atoms with E-state index < -0.39 is 5.54 Å². The van der Waals surface area contributed by atoms with E-state index in [9.17, 15) is 14.0 Å². The molecule has 36 heavy (non-hydrogen) atoms. The van der Waals surface area contributed by atoms with Crippen molar-refractivity contribution in [2.45, 2.75) is 26.3 Å². The lowest BCUT2D eigenvalue weighted by Gasteiger charge is -2.46. The van der Waals surface area contributed by atoms with Crippen LogP contribution in [0.1, 0.15) is 40.4 Å². The fourth-order valence-corrected chi connectivity index (χ4v) is 4.72. The lowest BCUT2D eigenvalue weighted by atomic mass is 9.97. The molecule has 0 unspecified atom stereocenters. The maximum absolute atomic E-state index is 14.0. The van der Waals surface area contributed by atoms with E-state index in [0.717, 1.165) is 0 Å². The molecule has 0 bridgehead atoms. The molecule has 11 heteroatoms. The van der Waals surface area contributed by atoms with Crippen LogP contribution >= 0.6 is 11.6 Å². The fourth-order valence-electron chi connectivity index (χ4n) is 4.45. The van der Waals surface area contributed by atoms with Gasteiger partial charge in [0.1, 0.15) is 25.4 Å². The van der Waals surface area contributed by atoms with Crippen molar-refractivity contribution in [3.8, 4) is 17.2 Å². The van der Waals surface area contributed by atoms with Crippen LogP contribution in [0.25, 0.3) is 5.69 Å². The number of carbonyl (C=O) groups is 2. The molecular weight excluding hydrogens is 489 g/mol. The summed E-state index contributed by atoms with van der Waals surface area (Å²) in [6.45, 7) is 7.14. The Bertz CT molecular complexity index is 1360. The number of hydrogen-bond acceptors (Lipinski definition) is 6. The van der Waals surface area contributed by atoms with Crippen LogP contribution in [-0.2, 0) is 0 Å². The third-order valence-electron chi connectivity index (χ3n) is 6.38. The smallest absolute Gasteiger partial charge is 0.294 e. The van der Waals surface area contributed by atoms with Crippen LogP contribution in [0.3, 0.4) is 0 Å². The Hall–Kier alpha value is -3.66. The van der Waals surface area contributed by atoms with E-state index in [1.165, 1.54) is 17.1 Å². The van der Waals surface area contributed by atoms with Gasteiger partial charge < -0.3 is 19.3 Å². The minimum absolute atomic E-state index is 0.00227. The standard InChI is InChI=1S/C25H25ClFN5O4/c1-15-4-5-17(12-19(15)27)32-14-28-22(29-32)24(34)31-7-6-30(13-25(31,2)3)23(33)16-10-18(26)21-20(11-16)35-8-9-36-21/h4-5,10-12,14H,6-9,13H2,1-3H3. The Morgan fingerprint density at radius 3 is 2.61 bits per heavy atom. The summed E-state index contributed by atoms with van der Waals surface area (Å²) in [5.41, 5.74) is 0.690. The van der Waals surface area contributed by atoms with E-state index in [-0.39, 0.29) is 23.5 Å². The Morgan fingerprint density at radius 1 is 1.08 bits per heavy atom. The predicted octanol–water partition coefficient (Wildman–Crippen LogP) is 3.52. The van der Waals surface area contributed by atoms with E-state index in [2.05, 4.69) is 10.1 Å². The van der Waals surface area contributed by atoms with E-state index in [4.69, 9.17) is 21.1 Å². The zero-order valence-electron chi connectivity index (χ0n) is 20.1. The summed E-state index contributed by atoms with van der Waals surface area (Å²) in [6, 6.07) is 7.91. The van der Waals surface area contributed by atoms with Gasteiger partial charge in [0.25, 0.3) is 11.8 Å². The SMILES string of the molecule is Cc1ccc(-n2cnc(C(=O)N3CCN(C(=O)c4cc(Cl)c5c(c4)OCCO5)CC3(C)C)n2)cc1F. The molecule has 9 nitrogen and oxygen atoms in total. The number of fused-ring (bicyclic) bond motifs is 1. The summed E-state index contributed by atoms with van der Waals surface area (Å²) in [7, 11) is 0. The molecule has 1 fully saturated rings. The first-order valence-electron chi connectivity index (χ1n) is 11.5. The highest BCUT2D eigenvalue weighted by atomic mass is 35.5. The molecule has 0 saturated carbocycles. The Morgan fingerprint density at radius 2 is 1.86 bits per heavy atom. The molecule has 2 aromatic carbocycles. The Kier molecular flexibility index (Phi) is 6.07. The first kappa shape index (κ1) is 24.1. The number of ether oxygens (including phenoxy) is 2. The first-order chi connectivity index (χ1) is 17.1. The average Bonchev–Trinajstić information content (AvgIpc) is 3.35. The number of halogens is 2. The first-order valence-corrected chi connectivity index (χ1v) is 11.9. The molecule has 0 aliphatic carbocycles. The third kappa shape index (κ3) is 4.37. The van der Waals surface area contributed by atoms with E-state index >= 15 is 0 Å². The number of carbonyl (C=O) groups excluding carboxylic acids is 2.